The minimum Gasteiger partial charge on any atom is -0.309 e. The molecule has 1 N–H and O–H groups in total. The molecule has 0 amide bonds. The van der Waals surface area contributed by atoms with Gasteiger partial charge in [-0.25, -0.2) is 0 Å². The van der Waals surface area contributed by atoms with E-state index in [1.807, 2.05) is 19.1 Å². The summed E-state index contributed by atoms with van der Waals surface area (Å²) in [5, 5.41) is 3.25. The highest BCUT2D eigenvalue weighted by Crippen LogP contribution is 2.26. The predicted octanol–water partition coefficient (Wildman–Crippen LogP) is 4.62. The standard InChI is InChI=1S/C13H18BrF3N2/c1-2-8-18-11(4-3-7-13(15,16)17)12-6-5-10(14)9-19-12/h5-6,9,11,18H,2-4,7-8H2,1H3. The maximum atomic E-state index is 12.2. The van der Waals surface area contributed by atoms with Gasteiger partial charge in [0.15, 0.2) is 0 Å². The summed E-state index contributed by atoms with van der Waals surface area (Å²) < 4.78 is 37.4. The molecule has 0 aliphatic rings. The summed E-state index contributed by atoms with van der Waals surface area (Å²) in [5.41, 5.74) is 0.791. The van der Waals surface area contributed by atoms with Crippen LogP contribution in [0.1, 0.15) is 44.3 Å². The lowest BCUT2D eigenvalue weighted by Gasteiger charge is -2.18. The second-order valence-electron chi connectivity index (χ2n) is 4.42. The Balaban J connectivity index is 2.58. The molecular formula is C13H18BrF3N2. The first kappa shape index (κ1) is 16.4. The molecule has 1 aromatic heterocycles. The van der Waals surface area contributed by atoms with Gasteiger partial charge in [-0.2, -0.15) is 13.2 Å². The smallest absolute Gasteiger partial charge is 0.309 e. The van der Waals surface area contributed by atoms with Crippen LogP contribution >= 0.6 is 15.9 Å². The third-order valence-corrected chi connectivity index (χ3v) is 3.17. The van der Waals surface area contributed by atoms with Crippen LogP contribution in [-0.4, -0.2) is 17.7 Å². The summed E-state index contributed by atoms with van der Waals surface area (Å²) >= 11 is 3.29. The van der Waals surface area contributed by atoms with Crippen LogP contribution in [-0.2, 0) is 0 Å². The van der Waals surface area contributed by atoms with Crippen LogP contribution in [0.25, 0.3) is 0 Å². The molecule has 0 fully saturated rings. The van der Waals surface area contributed by atoms with Gasteiger partial charge in [-0.3, -0.25) is 4.98 Å². The number of aromatic nitrogens is 1. The summed E-state index contributed by atoms with van der Waals surface area (Å²) in [5.74, 6) is 0. The maximum absolute atomic E-state index is 12.2. The normalized spacial score (nSPS) is 13.5. The number of hydrogen-bond acceptors (Lipinski definition) is 2. The number of alkyl halides is 3. The van der Waals surface area contributed by atoms with Crippen LogP contribution in [0.15, 0.2) is 22.8 Å². The Kier molecular flexibility index (Phi) is 6.79. The molecule has 1 heterocycles. The molecule has 0 bridgehead atoms. The van der Waals surface area contributed by atoms with Crippen LogP contribution in [0.5, 0.6) is 0 Å². The van der Waals surface area contributed by atoms with Gasteiger partial charge in [-0.1, -0.05) is 6.92 Å². The number of rotatable bonds is 7. The Hall–Kier alpha value is -0.620. The zero-order valence-corrected chi connectivity index (χ0v) is 12.4. The van der Waals surface area contributed by atoms with Crippen molar-refractivity contribution in [1.29, 1.82) is 0 Å². The first-order valence-corrected chi connectivity index (χ1v) is 7.13. The van der Waals surface area contributed by atoms with Crippen molar-refractivity contribution in [2.75, 3.05) is 6.54 Å². The lowest BCUT2D eigenvalue weighted by atomic mass is 10.1. The Labute approximate surface area is 119 Å². The van der Waals surface area contributed by atoms with Crippen molar-refractivity contribution in [2.45, 2.75) is 44.8 Å². The van der Waals surface area contributed by atoms with E-state index in [4.69, 9.17) is 0 Å². The SMILES string of the molecule is CCCNC(CCCC(F)(F)F)c1ccc(Br)cn1. The molecule has 2 nitrogen and oxygen atoms in total. The summed E-state index contributed by atoms with van der Waals surface area (Å²) in [6.45, 7) is 2.79. The van der Waals surface area contributed by atoms with E-state index in [2.05, 4.69) is 26.2 Å². The van der Waals surface area contributed by atoms with Crippen molar-refractivity contribution in [1.82, 2.24) is 10.3 Å². The van der Waals surface area contributed by atoms with Crippen LogP contribution < -0.4 is 5.32 Å². The van der Waals surface area contributed by atoms with Crippen LogP contribution in [0.2, 0.25) is 0 Å². The van der Waals surface area contributed by atoms with E-state index in [-0.39, 0.29) is 12.5 Å². The second kappa shape index (κ2) is 7.85. The van der Waals surface area contributed by atoms with Gasteiger partial charge >= 0.3 is 6.18 Å². The van der Waals surface area contributed by atoms with E-state index in [1.165, 1.54) is 0 Å². The van der Waals surface area contributed by atoms with Gasteiger partial charge < -0.3 is 5.32 Å². The minimum atomic E-state index is -4.08. The largest absolute Gasteiger partial charge is 0.389 e. The Bertz CT molecular complexity index is 365. The lowest BCUT2D eigenvalue weighted by Crippen LogP contribution is -2.23. The van der Waals surface area contributed by atoms with Crippen molar-refractivity contribution in [3.05, 3.63) is 28.5 Å². The fourth-order valence-corrected chi connectivity index (χ4v) is 2.01. The Morgan fingerprint density at radius 1 is 1.37 bits per heavy atom. The lowest BCUT2D eigenvalue weighted by molar-refractivity contribution is -0.135. The van der Waals surface area contributed by atoms with E-state index in [9.17, 15) is 13.2 Å². The van der Waals surface area contributed by atoms with E-state index in [0.717, 1.165) is 23.1 Å². The molecule has 19 heavy (non-hydrogen) atoms. The molecule has 6 heteroatoms. The van der Waals surface area contributed by atoms with Gasteiger partial charge in [0.2, 0.25) is 0 Å². The maximum Gasteiger partial charge on any atom is 0.389 e. The summed E-state index contributed by atoms with van der Waals surface area (Å²) in [6.07, 6.45) is -1.67. The van der Waals surface area contributed by atoms with Gasteiger partial charge in [0.25, 0.3) is 0 Å². The number of pyridine rings is 1. The minimum absolute atomic E-state index is 0.114. The van der Waals surface area contributed by atoms with Gasteiger partial charge in [-0.15, -0.1) is 0 Å². The topological polar surface area (TPSA) is 24.9 Å². The molecular weight excluding hydrogens is 321 g/mol. The molecule has 1 rings (SSSR count). The zero-order valence-electron chi connectivity index (χ0n) is 10.8. The van der Waals surface area contributed by atoms with Crippen LogP contribution in [0, 0.1) is 0 Å². The zero-order chi connectivity index (χ0) is 14.3. The molecule has 1 aromatic rings. The first-order chi connectivity index (χ1) is 8.92. The monoisotopic (exact) mass is 338 g/mol. The quantitative estimate of drug-likeness (QED) is 0.784. The second-order valence-corrected chi connectivity index (χ2v) is 5.33. The van der Waals surface area contributed by atoms with Gasteiger partial charge in [0.1, 0.15) is 0 Å². The van der Waals surface area contributed by atoms with Crippen LogP contribution in [0.4, 0.5) is 13.2 Å². The average molecular weight is 339 g/mol. The average Bonchev–Trinajstić information content (AvgIpc) is 2.33. The fourth-order valence-electron chi connectivity index (χ4n) is 1.77. The Morgan fingerprint density at radius 3 is 2.63 bits per heavy atom. The van der Waals surface area contributed by atoms with Crippen molar-refractivity contribution in [3.8, 4) is 0 Å². The Morgan fingerprint density at radius 2 is 2.11 bits per heavy atom. The number of hydrogen-bond donors (Lipinski definition) is 1. The highest BCUT2D eigenvalue weighted by molar-refractivity contribution is 9.10. The third-order valence-electron chi connectivity index (χ3n) is 2.70. The summed E-state index contributed by atoms with van der Waals surface area (Å²) in [4.78, 5) is 4.26. The van der Waals surface area contributed by atoms with Crippen LogP contribution in [0.3, 0.4) is 0 Å². The van der Waals surface area contributed by atoms with Gasteiger partial charge in [-0.05, 0) is 53.9 Å². The molecule has 108 valence electrons. The molecule has 0 spiro atoms. The number of halogens is 4. The summed E-state index contributed by atoms with van der Waals surface area (Å²) in [7, 11) is 0. The van der Waals surface area contributed by atoms with E-state index in [0.29, 0.717) is 6.42 Å². The summed E-state index contributed by atoms with van der Waals surface area (Å²) in [6, 6.07) is 3.58. The number of nitrogens with zero attached hydrogens (tertiary/aromatic N) is 1. The van der Waals surface area contributed by atoms with E-state index >= 15 is 0 Å². The fraction of sp³-hybridized carbons (Fsp3) is 0.615. The van der Waals surface area contributed by atoms with Crippen molar-refractivity contribution in [2.24, 2.45) is 0 Å². The van der Waals surface area contributed by atoms with E-state index in [1.54, 1.807) is 6.20 Å². The highest BCUT2D eigenvalue weighted by atomic mass is 79.9. The molecule has 0 saturated heterocycles. The first-order valence-electron chi connectivity index (χ1n) is 6.34. The van der Waals surface area contributed by atoms with E-state index < -0.39 is 12.6 Å². The molecule has 0 aliphatic carbocycles. The molecule has 0 saturated carbocycles. The molecule has 0 aliphatic heterocycles. The molecule has 0 aromatic carbocycles. The van der Waals surface area contributed by atoms with Crippen molar-refractivity contribution < 1.29 is 13.2 Å². The van der Waals surface area contributed by atoms with Gasteiger partial charge in [0.05, 0.1) is 5.69 Å². The number of nitrogens with one attached hydrogen (secondary N) is 1. The van der Waals surface area contributed by atoms with Crippen molar-refractivity contribution in [3.63, 3.8) is 0 Å². The van der Waals surface area contributed by atoms with Crippen molar-refractivity contribution >= 4 is 15.9 Å². The van der Waals surface area contributed by atoms with Gasteiger partial charge in [0, 0.05) is 23.1 Å². The third kappa shape index (κ3) is 6.92. The highest BCUT2D eigenvalue weighted by Gasteiger charge is 2.27. The molecule has 1 atom stereocenters. The molecule has 0 radical (unpaired) electrons. The molecule has 1 unspecified atom stereocenters. The predicted molar refractivity (Wildman–Crippen MR) is 72.9 cm³/mol.